The van der Waals surface area contributed by atoms with Crippen LogP contribution in [0.2, 0.25) is 0 Å². The van der Waals surface area contributed by atoms with Crippen molar-refractivity contribution in [1.29, 1.82) is 0 Å². The van der Waals surface area contributed by atoms with Crippen molar-refractivity contribution in [1.82, 2.24) is 49.4 Å². The van der Waals surface area contributed by atoms with Crippen LogP contribution in [0.1, 0.15) is 255 Å². The Balaban J connectivity index is 0.000000145. The van der Waals surface area contributed by atoms with Gasteiger partial charge in [-0.3, -0.25) is 24.9 Å². The lowest BCUT2D eigenvalue weighted by molar-refractivity contribution is -0.0449. The standard InChI is InChI=1S/4C18H29N3O.C17H29N3O/c3*1-14(2)17-8-7-16(11-19-17)21-10-4-9-18(22,13-21)12-20(3)15-5-6-15;1-14(2)16-7-6-15(13-19-16)21-11-8-18(22,9-12-21)17-5-4-10-20(17)3;1-13(2)14-6-7-16(15(18-14)12-19(4)5)20-10-8-17(3,21)9-11-20/h3*7-8,11,14-15,22H,4-6,9-10,12-13H2,1-3H3;6-7,13-14,17,22H,4-5,8-12H2,1-3H3;6-7,13,21H,8-12H2,1-5H3/t2*18-;;17-;/m10.0./s1. The normalized spacial score (nSPS) is 24.5. The van der Waals surface area contributed by atoms with E-state index in [0.717, 1.165) is 200 Å². The molecule has 0 spiro atoms. The van der Waals surface area contributed by atoms with Gasteiger partial charge in [-0.2, -0.15) is 0 Å². The van der Waals surface area contributed by atoms with E-state index >= 15 is 0 Å². The number of aliphatic hydroxyl groups is 5. The van der Waals surface area contributed by atoms with Crippen LogP contribution in [0.5, 0.6) is 0 Å². The Morgan fingerprint density at radius 1 is 0.385 bits per heavy atom. The van der Waals surface area contributed by atoms with Gasteiger partial charge in [-0.1, -0.05) is 69.2 Å². The maximum absolute atomic E-state index is 11.0. The van der Waals surface area contributed by atoms with Crippen LogP contribution >= 0.6 is 0 Å². The molecule has 3 aliphatic carbocycles. The van der Waals surface area contributed by atoms with Gasteiger partial charge in [0.25, 0.3) is 0 Å². The highest BCUT2D eigenvalue weighted by Crippen LogP contribution is 2.39. The quantitative estimate of drug-likeness (QED) is 0.0438. The molecule has 5 N–H and O–H groups in total. The molecule has 5 aromatic rings. The number of likely N-dealkylation sites (tertiary alicyclic amines) is 1. The van der Waals surface area contributed by atoms with Crippen LogP contribution in [0.25, 0.3) is 0 Å². The minimum atomic E-state index is -0.591. The minimum absolute atomic E-state index is 0.344. The second kappa shape index (κ2) is 38.0. The Bertz CT molecular complexity index is 3310. The maximum Gasteiger partial charge on any atom is 0.0948 e. The minimum Gasteiger partial charge on any atom is -0.390 e. The first kappa shape index (κ1) is 85.8. The largest absolute Gasteiger partial charge is 0.390 e. The van der Waals surface area contributed by atoms with Gasteiger partial charge in [0.2, 0.25) is 0 Å². The number of nitrogens with zero attached hydrogens (tertiary/aromatic N) is 15. The van der Waals surface area contributed by atoms with Gasteiger partial charge in [-0.25, -0.2) is 0 Å². The summed E-state index contributed by atoms with van der Waals surface area (Å²) in [7, 11) is 12.7. The molecular formula is C89H145N15O5. The van der Waals surface area contributed by atoms with E-state index < -0.39 is 28.0 Å². The molecule has 20 heteroatoms. The molecule has 109 heavy (non-hydrogen) atoms. The van der Waals surface area contributed by atoms with Gasteiger partial charge in [-0.05, 0) is 262 Å². The predicted octanol–water partition coefficient (Wildman–Crippen LogP) is 13.1. The van der Waals surface area contributed by atoms with E-state index in [1.54, 1.807) is 0 Å². The van der Waals surface area contributed by atoms with Crippen LogP contribution in [0.15, 0.2) is 85.5 Å². The van der Waals surface area contributed by atoms with Crippen molar-refractivity contribution in [3.8, 4) is 0 Å². The number of hydrogen-bond acceptors (Lipinski definition) is 20. The average molecular weight is 1510 g/mol. The van der Waals surface area contributed by atoms with E-state index in [-0.39, 0.29) is 0 Å². The molecule has 0 aromatic carbocycles. The van der Waals surface area contributed by atoms with Crippen molar-refractivity contribution in [3.63, 3.8) is 0 Å². The van der Waals surface area contributed by atoms with Crippen LogP contribution in [-0.4, -0.2) is 261 Å². The van der Waals surface area contributed by atoms with Crippen LogP contribution in [0.4, 0.5) is 28.4 Å². The lowest BCUT2D eigenvalue weighted by atomic mass is 9.83. The van der Waals surface area contributed by atoms with Gasteiger partial charge in [0.15, 0.2) is 0 Å². The Morgan fingerprint density at radius 3 is 1.01 bits per heavy atom. The van der Waals surface area contributed by atoms with Crippen LogP contribution in [0.3, 0.4) is 0 Å². The topological polar surface area (TPSA) is 198 Å². The summed E-state index contributed by atoms with van der Waals surface area (Å²) >= 11 is 0. The molecule has 20 nitrogen and oxygen atoms in total. The van der Waals surface area contributed by atoms with Crippen molar-refractivity contribution in [3.05, 3.63) is 120 Å². The molecule has 6 aliphatic heterocycles. The van der Waals surface area contributed by atoms with Crippen molar-refractivity contribution in [2.24, 2.45) is 0 Å². The lowest BCUT2D eigenvalue weighted by Gasteiger charge is -2.44. The summed E-state index contributed by atoms with van der Waals surface area (Å²) in [5, 5.41) is 54.1. The lowest BCUT2D eigenvalue weighted by Crippen LogP contribution is -2.55. The van der Waals surface area contributed by atoms with E-state index in [1.165, 1.54) is 56.3 Å². The van der Waals surface area contributed by atoms with Gasteiger partial charge in [0, 0.05) is 144 Å². The van der Waals surface area contributed by atoms with Gasteiger partial charge in [-0.15, -0.1) is 0 Å². The van der Waals surface area contributed by atoms with Crippen molar-refractivity contribution >= 4 is 28.4 Å². The number of aromatic nitrogens is 5. The molecule has 14 rings (SSSR count). The molecule has 11 heterocycles. The molecule has 5 aromatic heterocycles. The summed E-state index contributed by atoms with van der Waals surface area (Å²) in [6, 6.07) is 23.9. The highest BCUT2D eigenvalue weighted by molar-refractivity contribution is 5.53. The third kappa shape index (κ3) is 24.9. The molecule has 3 saturated carbocycles. The summed E-state index contributed by atoms with van der Waals surface area (Å²) in [6.45, 7) is 36.7. The van der Waals surface area contributed by atoms with Crippen molar-refractivity contribution in [2.75, 3.05) is 158 Å². The fourth-order valence-electron chi connectivity index (χ4n) is 17.3. The SMILES string of the molecule is CC(C)c1ccc(N2CCC(C)(O)CC2)c(CN(C)C)n1.CC(C)c1ccc(N2CCC(O)([C@@H]3CCCN3C)CC2)cn1.CC(C)c1ccc(N2CCCC(O)(CN(C)C3CC3)C2)cn1.CC(C)c1ccc(N2CCC[C@@](O)(CN(C)C3CC3)C2)cn1.CC(C)c1ccc(N2CCC[C@](O)(CN(C)C3CC3)C2)cn1. The number of likely N-dealkylation sites (N-methyl/N-ethyl adjacent to an activating group) is 4. The maximum atomic E-state index is 11.0. The summed E-state index contributed by atoms with van der Waals surface area (Å²) in [5.74, 6) is 2.29. The molecule has 4 atom stereocenters. The highest BCUT2D eigenvalue weighted by Gasteiger charge is 2.45. The Labute approximate surface area is 658 Å². The molecule has 0 radical (unpaired) electrons. The number of piperidine rings is 5. The monoisotopic (exact) mass is 1500 g/mol. The molecule has 0 bridgehead atoms. The fourth-order valence-corrected chi connectivity index (χ4v) is 17.3. The number of hydrogen-bond donors (Lipinski definition) is 5. The summed E-state index contributed by atoms with van der Waals surface area (Å²) in [6.07, 6.45) is 27.1. The zero-order chi connectivity index (χ0) is 78.6. The molecular weight excluding hydrogens is 1360 g/mol. The molecule has 6 saturated heterocycles. The van der Waals surface area contributed by atoms with Gasteiger partial charge >= 0.3 is 0 Å². The van der Waals surface area contributed by atoms with Gasteiger partial charge in [0.05, 0.1) is 86.9 Å². The van der Waals surface area contributed by atoms with Gasteiger partial charge < -0.3 is 74.5 Å². The number of pyridine rings is 5. The Morgan fingerprint density at radius 2 is 0.716 bits per heavy atom. The van der Waals surface area contributed by atoms with E-state index in [4.69, 9.17) is 4.98 Å². The number of anilines is 5. The van der Waals surface area contributed by atoms with Crippen LogP contribution < -0.4 is 24.5 Å². The van der Waals surface area contributed by atoms with E-state index in [9.17, 15) is 25.5 Å². The van der Waals surface area contributed by atoms with Gasteiger partial charge in [0.1, 0.15) is 0 Å². The average Bonchev–Trinajstić information content (AvgIpc) is 1.80. The van der Waals surface area contributed by atoms with Crippen molar-refractivity contribution in [2.45, 2.75) is 280 Å². The highest BCUT2D eigenvalue weighted by atomic mass is 16.3. The van der Waals surface area contributed by atoms with E-state index in [2.05, 4.69) is 241 Å². The van der Waals surface area contributed by atoms with Crippen LogP contribution in [-0.2, 0) is 6.54 Å². The molecule has 0 amide bonds. The Hall–Kier alpha value is -5.65. The molecule has 9 fully saturated rings. The molecule has 1 unspecified atom stereocenters. The first-order valence-electron chi connectivity index (χ1n) is 42.3. The molecule has 606 valence electrons. The fraction of sp³-hybridized carbons (Fsp3) is 0.719. The predicted molar refractivity (Wildman–Crippen MR) is 449 cm³/mol. The second-order valence-corrected chi connectivity index (χ2v) is 36.9. The number of β-amino-alcohol motifs (C(OH)–C–C–N with tert-alkyl or cyclic N) is 3. The molecule has 9 aliphatic rings. The number of rotatable bonds is 22. The van der Waals surface area contributed by atoms with E-state index in [1.807, 2.05) is 31.7 Å². The zero-order valence-corrected chi connectivity index (χ0v) is 70.6. The summed E-state index contributed by atoms with van der Waals surface area (Å²) < 4.78 is 0. The van der Waals surface area contributed by atoms with Crippen LogP contribution in [0, 0.1) is 0 Å². The summed E-state index contributed by atoms with van der Waals surface area (Å²) in [5.41, 5.74) is 9.86. The first-order valence-corrected chi connectivity index (χ1v) is 42.3. The smallest absolute Gasteiger partial charge is 0.0948 e. The Kier molecular flexibility index (Phi) is 29.9. The van der Waals surface area contributed by atoms with E-state index in [0.29, 0.717) is 73.4 Å². The zero-order valence-electron chi connectivity index (χ0n) is 70.6. The third-order valence-electron chi connectivity index (χ3n) is 24.7. The summed E-state index contributed by atoms with van der Waals surface area (Å²) in [4.78, 5) is 46.3. The van der Waals surface area contributed by atoms with Crippen molar-refractivity contribution < 1.29 is 25.5 Å². The second-order valence-electron chi connectivity index (χ2n) is 36.9. The first-order chi connectivity index (χ1) is 51.7. The third-order valence-corrected chi connectivity index (χ3v) is 24.7.